The first-order valence-corrected chi connectivity index (χ1v) is 8.90. The highest BCUT2D eigenvalue weighted by Crippen LogP contribution is 2.11. The summed E-state index contributed by atoms with van der Waals surface area (Å²) in [6, 6.07) is 7.52. The molecule has 0 saturated heterocycles. The molecule has 3 N–H and O–H groups in total. The van der Waals surface area contributed by atoms with Crippen LogP contribution in [0, 0.1) is 13.8 Å². The molecule has 25 heavy (non-hydrogen) atoms. The minimum absolute atomic E-state index is 0.0315. The van der Waals surface area contributed by atoms with Crippen molar-refractivity contribution < 1.29 is 4.79 Å². The third-order valence-corrected chi connectivity index (χ3v) is 4.39. The molecule has 2 rings (SSSR count). The summed E-state index contributed by atoms with van der Waals surface area (Å²) in [5, 5.41) is 6.28. The highest BCUT2D eigenvalue weighted by atomic mass is 16.1. The molecule has 6 nitrogen and oxygen atoms in total. The van der Waals surface area contributed by atoms with Gasteiger partial charge in [-0.05, 0) is 51.2 Å². The van der Waals surface area contributed by atoms with E-state index in [-0.39, 0.29) is 5.91 Å². The van der Waals surface area contributed by atoms with Crippen molar-refractivity contribution in [2.45, 2.75) is 34.2 Å². The molecule has 0 aliphatic heterocycles. The average molecular weight is 343 g/mol. The van der Waals surface area contributed by atoms with Crippen LogP contribution in [0.2, 0.25) is 0 Å². The highest BCUT2D eigenvalue weighted by Gasteiger charge is 2.07. The number of rotatable bonds is 9. The molecule has 0 radical (unpaired) electrons. The smallest absolute Gasteiger partial charge is 0.251 e. The molecule has 0 fully saturated rings. The van der Waals surface area contributed by atoms with Gasteiger partial charge in [-0.3, -0.25) is 4.79 Å². The van der Waals surface area contributed by atoms with Gasteiger partial charge < -0.3 is 20.5 Å². The van der Waals surface area contributed by atoms with Crippen LogP contribution in [0.1, 0.15) is 41.4 Å². The number of hydrogen-bond acceptors (Lipinski definition) is 4. The molecule has 0 aliphatic rings. The molecular weight excluding hydrogens is 314 g/mol. The second kappa shape index (κ2) is 9.22. The Hall–Kier alpha value is -2.34. The van der Waals surface area contributed by atoms with E-state index in [0.29, 0.717) is 18.7 Å². The Bertz CT molecular complexity index is 654. The molecule has 1 amide bonds. The van der Waals surface area contributed by atoms with Crippen LogP contribution in [0.15, 0.2) is 24.3 Å². The fraction of sp³-hybridized carbons (Fsp3) is 0.474. The number of aromatic amines is 1. The predicted molar refractivity (Wildman–Crippen MR) is 102 cm³/mol. The monoisotopic (exact) mass is 343 g/mol. The number of nitrogens with one attached hydrogen (secondary N) is 3. The molecular formula is C19H29N5O. The lowest BCUT2D eigenvalue weighted by Crippen LogP contribution is -2.34. The Kier molecular flexibility index (Phi) is 7.01. The van der Waals surface area contributed by atoms with Crippen molar-refractivity contribution in [1.29, 1.82) is 0 Å². The minimum atomic E-state index is -0.0315. The first-order chi connectivity index (χ1) is 12.0. The van der Waals surface area contributed by atoms with Gasteiger partial charge in [0.15, 0.2) is 0 Å². The molecule has 136 valence electrons. The molecule has 0 spiro atoms. The summed E-state index contributed by atoms with van der Waals surface area (Å²) in [4.78, 5) is 22.1. The molecule has 6 heteroatoms. The topological polar surface area (TPSA) is 73.1 Å². The van der Waals surface area contributed by atoms with Crippen molar-refractivity contribution in [3.8, 4) is 0 Å². The zero-order chi connectivity index (χ0) is 18.2. The third-order valence-electron chi connectivity index (χ3n) is 4.39. The van der Waals surface area contributed by atoms with E-state index in [4.69, 9.17) is 0 Å². The van der Waals surface area contributed by atoms with E-state index in [1.54, 1.807) is 0 Å². The van der Waals surface area contributed by atoms with Crippen LogP contribution in [-0.2, 0) is 6.54 Å². The second-order valence-corrected chi connectivity index (χ2v) is 6.11. The molecule has 0 saturated carbocycles. The van der Waals surface area contributed by atoms with Crippen LogP contribution in [-0.4, -0.2) is 47.0 Å². The molecule has 1 aromatic carbocycles. The van der Waals surface area contributed by atoms with E-state index in [1.165, 1.54) is 0 Å². The van der Waals surface area contributed by atoms with Crippen molar-refractivity contribution in [3.63, 3.8) is 0 Å². The van der Waals surface area contributed by atoms with Crippen LogP contribution >= 0.6 is 0 Å². The van der Waals surface area contributed by atoms with E-state index in [2.05, 4.69) is 39.3 Å². The largest absolute Gasteiger partial charge is 0.378 e. The summed E-state index contributed by atoms with van der Waals surface area (Å²) in [7, 11) is 0. The fourth-order valence-corrected chi connectivity index (χ4v) is 2.60. The Morgan fingerprint density at radius 3 is 2.40 bits per heavy atom. The quantitative estimate of drug-likeness (QED) is 0.654. The molecule has 0 unspecified atom stereocenters. The number of anilines is 1. The van der Waals surface area contributed by atoms with Crippen LogP contribution < -0.4 is 10.6 Å². The predicted octanol–water partition coefficient (Wildman–Crippen LogP) is 2.71. The van der Waals surface area contributed by atoms with Crippen LogP contribution in [0.5, 0.6) is 0 Å². The Morgan fingerprint density at radius 2 is 1.84 bits per heavy atom. The number of likely N-dealkylation sites (N-methyl/N-ethyl adjacent to an activating group) is 1. The van der Waals surface area contributed by atoms with Gasteiger partial charge in [-0.25, -0.2) is 4.98 Å². The Labute approximate surface area is 150 Å². The van der Waals surface area contributed by atoms with Crippen LogP contribution in [0.4, 0.5) is 5.69 Å². The first kappa shape index (κ1) is 19.0. The molecule has 1 heterocycles. The van der Waals surface area contributed by atoms with Gasteiger partial charge in [-0.2, -0.15) is 0 Å². The number of carbonyl (C=O) groups excluding carboxylic acids is 1. The fourth-order valence-electron chi connectivity index (χ4n) is 2.60. The minimum Gasteiger partial charge on any atom is -0.378 e. The molecule has 0 atom stereocenters. The van der Waals surface area contributed by atoms with Gasteiger partial charge in [0, 0.05) is 30.0 Å². The summed E-state index contributed by atoms with van der Waals surface area (Å²) in [6.45, 7) is 12.4. The number of benzene rings is 1. The van der Waals surface area contributed by atoms with E-state index < -0.39 is 0 Å². The summed E-state index contributed by atoms with van der Waals surface area (Å²) >= 11 is 0. The number of imidazole rings is 1. The lowest BCUT2D eigenvalue weighted by atomic mass is 10.2. The number of carbonyl (C=O) groups is 1. The first-order valence-electron chi connectivity index (χ1n) is 8.90. The number of aromatic nitrogens is 2. The van der Waals surface area contributed by atoms with Gasteiger partial charge in [0.2, 0.25) is 0 Å². The van der Waals surface area contributed by atoms with Crippen molar-refractivity contribution >= 4 is 11.6 Å². The van der Waals surface area contributed by atoms with Gasteiger partial charge in [0.1, 0.15) is 5.82 Å². The van der Waals surface area contributed by atoms with Gasteiger partial charge >= 0.3 is 0 Å². The lowest BCUT2D eigenvalue weighted by molar-refractivity contribution is 0.0949. The maximum atomic E-state index is 12.2. The van der Waals surface area contributed by atoms with E-state index >= 15 is 0 Å². The SMILES string of the molecule is CCN(CC)CCNC(=O)c1ccc(NCc2nc(C)c(C)[nH]2)cc1. The maximum absolute atomic E-state index is 12.2. The van der Waals surface area contributed by atoms with E-state index in [0.717, 1.165) is 42.5 Å². The number of hydrogen-bond donors (Lipinski definition) is 3. The number of nitrogens with zero attached hydrogens (tertiary/aromatic N) is 2. The van der Waals surface area contributed by atoms with Gasteiger partial charge in [-0.15, -0.1) is 0 Å². The number of aryl methyl sites for hydroxylation is 2. The Balaban J connectivity index is 1.81. The van der Waals surface area contributed by atoms with E-state index in [9.17, 15) is 4.79 Å². The average Bonchev–Trinajstić information content (AvgIpc) is 2.95. The number of H-pyrrole nitrogens is 1. The van der Waals surface area contributed by atoms with Crippen molar-refractivity contribution in [3.05, 3.63) is 47.0 Å². The van der Waals surface area contributed by atoms with Crippen molar-refractivity contribution in [1.82, 2.24) is 20.2 Å². The van der Waals surface area contributed by atoms with Crippen molar-refractivity contribution in [2.24, 2.45) is 0 Å². The van der Waals surface area contributed by atoms with Crippen LogP contribution in [0.3, 0.4) is 0 Å². The van der Waals surface area contributed by atoms with E-state index in [1.807, 2.05) is 38.1 Å². The van der Waals surface area contributed by atoms with Crippen LogP contribution in [0.25, 0.3) is 0 Å². The lowest BCUT2D eigenvalue weighted by Gasteiger charge is -2.18. The highest BCUT2D eigenvalue weighted by molar-refractivity contribution is 5.94. The molecule has 2 aromatic rings. The standard InChI is InChI=1S/C19H29N5O/c1-5-24(6-2)12-11-20-19(25)16-7-9-17(10-8-16)21-13-18-22-14(3)15(4)23-18/h7-10,21H,5-6,11-13H2,1-4H3,(H,20,25)(H,22,23). The second-order valence-electron chi connectivity index (χ2n) is 6.11. The maximum Gasteiger partial charge on any atom is 0.251 e. The summed E-state index contributed by atoms with van der Waals surface area (Å²) < 4.78 is 0. The summed E-state index contributed by atoms with van der Waals surface area (Å²) in [5.41, 5.74) is 3.75. The van der Waals surface area contributed by atoms with Gasteiger partial charge in [0.05, 0.1) is 12.2 Å². The number of amides is 1. The zero-order valence-electron chi connectivity index (χ0n) is 15.6. The summed E-state index contributed by atoms with van der Waals surface area (Å²) in [5.74, 6) is 0.879. The molecule has 0 bridgehead atoms. The van der Waals surface area contributed by atoms with Crippen molar-refractivity contribution in [2.75, 3.05) is 31.5 Å². The zero-order valence-corrected chi connectivity index (χ0v) is 15.6. The van der Waals surface area contributed by atoms with Gasteiger partial charge in [0.25, 0.3) is 5.91 Å². The normalized spacial score (nSPS) is 10.9. The Morgan fingerprint density at radius 1 is 1.16 bits per heavy atom. The third kappa shape index (κ3) is 5.60. The van der Waals surface area contributed by atoms with Gasteiger partial charge in [-0.1, -0.05) is 13.8 Å². The molecule has 0 aliphatic carbocycles. The summed E-state index contributed by atoms with van der Waals surface area (Å²) in [6.07, 6.45) is 0. The molecule has 1 aromatic heterocycles.